The number of anilines is 1. The minimum atomic E-state index is -0.356. The Balaban J connectivity index is 1.59. The number of carbonyl (C=O) groups is 1. The zero-order valence-corrected chi connectivity index (χ0v) is 14.6. The van der Waals surface area contributed by atoms with Crippen LogP contribution in [0.2, 0.25) is 0 Å². The van der Waals surface area contributed by atoms with E-state index in [-0.39, 0.29) is 17.5 Å². The third-order valence-electron chi connectivity index (χ3n) is 3.57. The number of aromatic nitrogens is 2. The lowest BCUT2D eigenvalue weighted by Gasteiger charge is -2.07. The number of nitrogens with zero attached hydrogens (tertiary/aromatic N) is 2. The minimum Gasteiger partial charge on any atom is -0.411 e. The van der Waals surface area contributed by atoms with Crippen LogP contribution in [-0.4, -0.2) is 21.9 Å². The second-order valence-electron chi connectivity index (χ2n) is 5.49. The quantitative estimate of drug-likeness (QED) is 0.692. The summed E-state index contributed by atoms with van der Waals surface area (Å²) in [5.41, 5.74) is 2.82. The lowest BCUT2D eigenvalue weighted by atomic mass is 10.1. The SMILES string of the molecule is Cc1ccc(-c2nnc(SCC(=O)Nc3cccc(F)c3C)o2)cc1. The number of rotatable bonds is 5. The summed E-state index contributed by atoms with van der Waals surface area (Å²) in [6.45, 7) is 3.61. The van der Waals surface area contributed by atoms with Gasteiger partial charge in [-0.15, -0.1) is 10.2 Å². The summed E-state index contributed by atoms with van der Waals surface area (Å²) in [7, 11) is 0. The largest absolute Gasteiger partial charge is 0.411 e. The molecule has 0 fully saturated rings. The van der Waals surface area contributed by atoms with Crippen molar-refractivity contribution in [1.29, 1.82) is 0 Å². The van der Waals surface area contributed by atoms with Gasteiger partial charge in [-0.3, -0.25) is 4.79 Å². The molecule has 0 aliphatic heterocycles. The number of aryl methyl sites for hydroxylation is 1. The molecule has 1 heterocycles. The first-order chi connectivity index (χ1) is 12.0. The fourth-order valence-electron chi connectivity index (χ4n) is 2.14. The molecule has 0 saturated heterocycles. The van der Waals surface area contributed by atoms with Crippen molar-refractivity contribution in [1.82, 2.24) is 10.2 Å². The number of benzene rings is 2. The predicted molar refractivity (Wildman–Crippen MR) is 95.0 cm³/mol. The van der Waals surface area contributed by atoms with Gasteiger partial charge in [-0.1, -0.05) is 35.5 Å². The van der Waals surface area contributed by atoms with E-state index in [1.165, 1.54) is 6.07 Å². The molecule has 0 aliphatic carbocycles. The second-order valence-corrected chi connectivity index (χ2v) is 6.41. The molecule has 0 radical (unpaired) electrons. The van der Waals surface area contributed by atoms with Crippen molar-refractivity contribution in [2.75, 3.05) is 11.1 Å². The molecular weight excluding hydrogens is 341 g/mol. The smallest absolute Gasteiger partial charge is 0.277 e. The van der Waals surface area contributed by atoms with Crippen molar-refractivity contribution >= 4 is 23.4 Å². The lowest BCUT2D eigenvalue weighted by Crippen LogP contribution is -2.15. The van der Waals surface area contributed by atoms with Crippen LogP contribution >= 0.6 is 11.8 Å². The van der Waals surface area contributed by atoms with Crippen molar-refractivity contribution < 1.29 is 13.6 Å². The van der Waals surface area contributed by atoms with Crippen LogP contribution in [0.5, 0.6) is 0 Å². The normalized spacial score (nSPS) is 10.7. The van der Waals surface area contributed by atoms with E-state index >= 15 is 0 Å². The van der Waals surface area contributed by atoms with Crippen LogP contribution in [0.3, 0.4) is 0 Å². The molecule has 1 N–H and O–H groups in total. The predicted octanol–water partition coefficient (Wildman–Crippen LogP) is 4.22. The van der Waals surface area contributed by atoms with E-state index < -0.39 is 0 Å². The highest BCUT2D eigenvalue weighted by Gasteiger charge is 2.12. The van der Waals surface area contributed by atoms with Crippen LogP contribution in [0.4, 0.5) is 10.1 Å². The first-order valence-electron chi connectivity index (χ1n) is 7.61. The number of halogens is 1. The Hall–Kier alpha value is -2.67. The maximum absolute atomic E-state index is 13.5. The van der Waals surface area contributed by atoms with E-state index in [2.05, 4.69) is 15.5 Å². The maximum atomic E-state index is 13.5. The highest BCUT2D eigenvalue weighted by molar-refractivity contribution is 7.99. The number of hydrogen-bond donors (Lipinski definition) is 1. The van der Waals surface area contributed by atoms with Crippen LogP contribution < -0.4 is 5.32 Å². The molecule has 0 atom stereocenters. The van der Waals surface area contributed by atoms with Crippen LogP contribution in [0.1, 0.15) is 11.1 Å². The fraction of sp³-hybridized carbons (Fsp3) is 0.167. The van der Waals surface area contributed by atoms with Gasteiger partial charge < -0.3 is 9.73 Å². The highest BCUT2D eigenvalue weighted by Crippen LogP contribution is 2.24. The van der Waals surface area contributed by atoms with Crippen molar-refractivity contribution in [2.45, 2.75) is 19.1 Å². The van der Waals surface area contributed by atoms with Crippen molar-refractivity contribution in [3.05, 3.63) is 59.4 Å². The van der Waals surface area contributed by atoms with E-state index in [0.29, 0.717) is 22.4 Å². The van der Waals surface area contributed by atoms with Crippen molar-refractivity contribution in [2.24, 2.45) is 0 Å². The Kier molecular flexibility index (Phi) is 5.14. The average Bonchev–Trinajstić information content (AvgIpc) is 3.07. The molecule has 0 bridgehead atoms. The highest BCUT2D eigenvalue weighted by atomic mass is 32.2. The van der Waals surface area contributed by atoms with Gasteiger partial charge in [-0.2, -0.15) is 0 Å². The van der Waals surface area contributed by atoms with E-state index in [9.17, 15) is 9.18 Å². The Labute approximate surface area is 148 Å². The summed E-state index contributed by atoms with van der Waals surface area (Å²) >= 11 is 1.13. The van der Waals surface area contributed by atoms with Crippen molar-refractivity contribution in [3.63, 3.8) is 0 Å². The fourth-order valence-corrected chi connectivity index (χ4v) is 2.70. The number of hydrogen-bond acceptors (Lipinski definition) is 5. The van der Waals surface area contributed by atoms with Gasteiger partial charge in [0.05, 0.1) is 5.75 Å². The van der Waals surface area contributed by atoms with E-state index in [0.717, 1.165) is 22.9 Å². The van der Waals surface area contributed by atoms with Gasteiger partial charge in [0.2, 0.25) is 11.8 Å². The average molecular weight is 357 g/mol. The zero-order valence-electron chi connectivity index (χ0n) is 13.7. The molecule has 1 aromatic heterocycles. The van der Waals surface area contributed by atoms with Gasteiger partial charge in [0, 0.05) is 16.8 Å². The molecule has 3 aromatic rings. The molecule has 0 aliphatic rings. The molecule has 2 aromatic carbocycles. The first kappa shape index (κ1) is 17.2. The van der Waals surface area contributed by atoms with Gasteiger partial charge in [0.25, 0.3) is 5.22 Å². The van der Waals surface area contributed by atoms with Gasteiger partial charge in [0.15, 0.2) is 0 Å². The molecular formula is C18H16FN3O2S. The molecule has 1 amide bonds. The number of amides is 1. The Morgan fingerprint density at radius 1 is 1.16 bits per heavy atom. The summed E-state index contributed by atoms with van der Waals surface area (Å²) in [5, 5.41) is 10.9. The molecule has 5 nitrogen and oxygen atoms in total. The standard InChI is InChI=1S/C18H16FN3O2S/c1-11-6-8-13(9-7-11)17-21-22-18(24-17)25-10-16(23)20-15-5-3-4-14(19)12(15)2/h3-9H,10H2,1-2H3,(H,20,23). The van der Waals surface area contributed by atoms with Crippen LogP contribution in [0.15, 0.2) is 52.1 Å². The zero-order chi connectivity index (χ0) is 17.8. The Morgan fingerprint density at radius 2 is 1.92 bits per heavy atom. The Bertz CT molecular complexity index is 894. The monoisotopic (exact) mass is 357 g/mol. The summed E-state index contributed by atoms with van der Waals surface area (Å²) in [6.07, 6.45) is 0. The third-order valence-corrected chi connectivity index (χ3v) is 4.39. The van der Waals surface area contributed by atoms with Gasteiger partial charge in [0.1, 0.15) is 5.82 Å². The minimum absolute atomic E-state index is 0.0888. The summed E-state index contributed by atoms with van der Waals surface area (Å²) in [6, 6.07) is 12.3. The molecule has 0 spiro atoms. The number of nitrogens with one attached hydrogen (secondary N) is 1. The summed E-state index contributed by atoms with van der Waals surface area (Å²) in [4.78, 5) is 12.0. The third kappa shape index (κ3) is 4.24. The number of thioether (sulfide) groups is 1. The molecule has 0 saturated carbocycles. The molecule has 128 valence electrons. The molecule has 7 heteroatoms. The lowest BCUT2D eigenvalue weighted by molar-refractivity contribution is -0.113. The molecule has 25 heavy (non-hydrogen) atoms. The Morgan fingerprint density at radius 3 is 2.68 bits per heavy atom. The van der Waals surface area contributed by atoms with Crippen LogP contribution in [-0.2, 0) is 4.79 Å². The summed E-state index contributed by atoms with van der Waals surface area (Å²) in [5.74, 6) is -0.131. The van der Waals surface area contributed by atoms with Gasteiger partial charge in [-0.05, 0) is 38.1 Å². The second kappa shape index (κ2) is 7.48. The van der Waals surface area contributed by atoms with Crippen LogP contribution in [0.25, 0.3) is 11.5 Å². The van der Waals surface area contributed by atoms with Crippen LogP contribution in [0, 0.1) is 19.7 Å². The first-order valence-corrected chi connectivity index (χ1v) is 8.60. The van der Waals surface area contributed by atoms with Gasteiger partial charge >= 0.3 is 0 Å². The topological polar surface area (TPSA) is 68.0 Å². The van der Waals surface area contributed by atoms with Crippen molar-refractivity contribution in [3.8, 4) is 11.5 Å². The van der Waals surface area contributed by atoms with E-state index in [4.69, 9.17) is 4.42 Å². The summed E-state index contributed by atoms with van der Waals surface area (Å²) < 4.78 is 19.0. The van der Waals surface area contributed by atoms with Gasteiger partial charge in [-0.25, -0.2) is 4.39 Å². The maximum Gasteiger partial charge on any atom is 0.277 e. The van der Waals surface area contributed by atoms with E-state index in [1.807, 2.05) is 31.2 Å². The molecule has 0 unspecified atom stereocenters. The molecule has 3 rings (SSSR count). The number of carbonyl (C=O) groups excluding carboxylic acids is 1. The van der Waals surface area contributed by atoms with E-state index in [1.54, 1.807) is 19.1 Å².